The molecule has 0 bridgehead atoms. The van der Waals surface area contributed by atoms with Crippen molar-refractivity contribution in [2.24, 2.45) is 5.73 Å². The van der Waals surface area contributed by atoms with Crippen molar-refractivity contribution in [3.8, 4) is 11.5 Å². The SMILES string of the molecule is CCCNC(=O)COc1c(CCN)cccc1OCC. The van der Waals surface area contributed by atoms with Crippen molar-refractivity contribution in [1.82, 2.24) is 5.32 Å². The average Bonchev–Trinajstić information content (AvgIpc) is 2.45. The minimum atomic E-state index is -0.128. The fraction of sp³-hybridized carbons (Fsp3) is 0.533. The Labute approximate surface area is 120 Å². The summed E-state index contributed by atoms with van der Waals surface area (Å²) in [5.74, 6) is 1.14. The van der Waals surface area contributed by atoms with Crippen molar-refractivity contribution in [2.45, 2.75) is 26.7 Å². The number of rotatable bonds is 9. The Balaban J connectivity index is 2.76. The van der Waals surface area contributed by atoms with Gasteiger partial charge in [-0.1, -0.05) is 19.1 Å². The van der Waals surface area contributed by atoms with Gasteiger partial charge in [0.05, 0.1) is 6.61 Å². The molecule has 5 heteroatoms. The number of nitrogens with one attached hydrogen (secondary N) is 1. The molecular formula is C15H24N2O3. The summed E-state index contributed by atoms with van der Waals surface area (Å²) in [6, 6.07) is 5.68. The van der Waals surface area contributed by atoms with Gasteiger partial charge in [0.2, 0.25) is 0 Å². The van der Waals surface area contributed by atoms with E-state index in [1.807, 2.05) is 32.0 Å². The normalized spacial score (nSPS) is 10.2. The number of benzene rings is 1. The second-order valence-corrected chi connectivity index (χ2v) is 4.35. The highest BCUT2D eigenvalue weighted by Gasteiger charge is 2.12. The Bertz CT molecular complexity index is 397. The molecule has 0 heterocycles. The summed E-state index contributed by atoms with van der Waals surface area (Å²) in [7, 11) is 0. The maximum atomic E-state index is 11.6. The summed E-state index contributed by atoms with van der Waals surface area (Å²) in [5, 5.41) is 2.78. The van der Waals surface area contributed by atoms with Crippen molar-refractivity contribution in [3.05, 3.63) is 23.8 Å². The molecule has 0 spiro atoms. The van der Waals surface area contributed by atoms with Crippen molar-refractivity contribution in [3.63, 3.8) is 0 Å². The first-order chi connectivity index (χ1) is 9.72. The van der Waals surface area contributed by atoms with E-state index in [1.165, 1.54) is 0 Å². The Morgan fingerprint density at radius 3 is 2.75 bits per heavy atom. The molecule has 0 aromatic heterocycles. The Morgan fingerprint density at radius 1 is 1.30 bits per heavy atom. The second kappa shape index (κ2) is 9.20. The zero-order valence-corrected chi connectivity index (χ0v) is 12.3. The molecule has 1 rings (SSSR count). The quantitative estimate of drug-likeness (QED) is 0.719. The van der Waals surface area contributed by atoms with Gasteiger partial charge in [0.1, 0.15) is 0 Å². The fourth-order valence-electron chi connectivity index (χ4n) is 1.80. The molecule has 0 aliphatic heterocycles. The topological polar surface area (TPSA) is 73.6 Å². The van der Waals surface area contributed by atoms with Gasteiger partial charge < -0.3 is 20.5 Å². The monoisotopic (exact) mass is 280 g/mol. The highest BCUT2D eigenvalue weighted by molar-refractivity contribution is 5.77. The third kappa shape index (κ3) is 5.09. The van der Waals surface area contributed by atoms with Crippen LogP contribution in [0.4, 0.5) is 0 Å². The minimum absolute atomic E-state index is 0.0122. The summed E-state index contributed by atoms with van der Waals surface area (Å²) in [6.07, 6.45) is 1.59. The van der Waals surface area contributed by atoms with Crippen LogP contribution in [-0.2, 0) is 11.2 Å². The highest BCUT2D eigenvalue weighted by Crippen LogP contribution is 2.31. The first-order valence-electron chi connectivity index (χ1n) is 7.07. The summed E-state index contributed by atoms with van der Waals surface area (Å²) in [6.45, 7) is 5.63. The lowest BCUT2D eigenvalue weighted by Gasteiger charge is -2.15. The van der Waals surface area contributed by atoms with Gasteiger partial charge in [-0.3, -0.25) is 4.79 Å². The van der Waals surface area contributed by atoms with Crippen LogP contribution in [0, 0.1) is 0 Å². The van der Waals surface area contributed by atoms with E-state index in [2.05, 4.69) is 5.32 Å². The van der Waals surface area contributed by atoms with Crippen LogP contribution < -0.4 is 20.5 Å². The molecule has 1 aromatic rings. The molecule has 20 heavy (non-hydrogen) atoms. The lowest BCUT2D eigenvalue weighted by molar-refractivity contribution is -0.123. The van der Waals surface area contributed by atoms with Gasteiger partial charge in [-0.2, -0.15) is 0 Å². The van der Waals surface area contributed by atoms with E-state index in [9.17, 15) is 4.79 Å². The summed E-state index contributed by atoms with van der Waals surface area (Å²) in [4.78, 5) is 11.6. The highest BCUT2D eigenvalue weighted by atomic mass is 16.5. The standard InChI is InChI=1S/C15H24N2O3/c1-3-10-17-14(18)11-20-15-12(8-9-16)6-5-7-13(15)19-4-2/h5-7H,3-4,8-11,16H2,1-2H3,(H,17,18). The molecule has 1 amide bonds. The molecule has 5 nitrogen and oxygen atoms in total. The smallest absolute Gasteiger partial charge is 0.257 e. The van der Waals surface area contributed by atoms with E-state index in [0.29, 0.717) is 37.6 Å². The molecule has 0 fully saturated rings. The van der Waals surface area contributed by atoms with Crippen molar-refractivity contribution in [1.29, 1.82) is 0 Å². The lowest BCUT2D eigenvalue weighted by atomic mass is 10.1. The van der Waals surface area contributed by atoms with E-state index < -0.39 is 0 Å². The van der Waals surface area contributed by atoms with E-state index in [0.717, 1.165) is 12.0 Å². The van der Waals surface area contributed by atoms with Crippen LogP contribution in [0.5, 0.6) is 11.5 Å². The molecule has 1 aromatic carbocycles. The molecule has 0 aliphatic rings. The largest absolute Gasteiger partial charge is 0.490 e. The van der Waals surface area contributed by atoms with E-state index >= 15 is 0 Å². The van der Waals surface area contributed by atoms with E-state index in [1.54, 1.807) is 0 Å². The van der Waals surface area contributed by atoms with Crippen LogP contribution in [0.15, 0.2) is 18.2 Å². The minimum Gasteiger partial charge on any atom is -0.490 e. The van der Waals surface area contributed by atoms with Crippen molar-refractivity contribution < 1.29 is 14.3 Å². The Kier molecular flexibility index (Phi) is 7.50. The zero-order chi connectivity index (χ0) is 14.8. The van der Waals surface area contributed by atoms with E-state index in [4.69, 9.17) is 15.2 Å². The predicted molar refractivity (Wildman–Crippen MR) is 79.2 cm³/mol. The molecule has 112 valence electrons. The van der Waals surface area contributed by atoms with Gasteiger partial charge in [0.15, 0.2) is 18.1 Å². The van der Waals surface area contributed by atoms with Crippen LogP contribution in [0.2, 0.25) is 0 Å². The first-order valence-corrected chi connectivity index (χ1v) is 7.07. The molecule has 3 N–H and O–H groups in total. The number of ether oxygens (including phenoxy) is 2. The van der Waals surface area contributed by atoms with Crippen molar-refractivity contribution in [2.75, 3.05) is 26.3 Å². The second-order valence-electron chi connectivity index (χ2n) is 4.35. The van der Waals surface area contributed by atoms with Crippen molar-refractivity contribution >= 4 is 5.91 Å². The number of carbonyl (C=O) groups excluding carboxylic acids is 1. The number of carbonyl (C=O) groups is 1. The van der Waals surface area contributed by atoms with Crippen LogP contribution in [0.25, 0.3) is 0 Å². The molecular weight excluding hydrogens is 256 g/mol. The van der Waals surface area contributed by atoms with E-state index in [-0.39, 0.29) is 12.5 Å². The van der Waals surface area contributed by atoms with Crippen LogP contribution in [0.1, 0.15) is 25.8 Å². The molecule has 0 aliphatic carbocycles. The fourth-order valence-corrected chi connectivity index (χ4v) is 1.80. The van der Waals surface area contributed by atoms with Gasteiger partial charge in [0.25, 0.3) is 5.91 Å². The third-order valence-corrected chi connectivity index (χ3v) is 2.69. The number of amides is 1. The van der Waals surface area contributed by atoms with Gasteiger partial charge in [-0.25, -0.2) is 0 Å². The van der Waals surface area contributed by atoms with Gasteiger partial charge in [-0.05, 0) is 37.9 Å². The lowest BCUT2D eigenvalue weighted by Crippen LogP contribution is -2.29. The number of hydrogen-bond donors (Lipinski definition) is 2. The van der Waals surface area contributed by atoms with Gasteiger partial charge in [0, 0.05) is 6.54 Å². The van der Waals surface area contributed by atoms with Gasteiger partial charge in [-0.15, -0.1) is 0 Å². The average molecular weight is 280 g/mol. The maximum absolute atomic E-state index is 11.6. The van der Waals surface area contributed by atoms with Gasteiger partial charge >= 0.3 is 0 Å². The van der Waals surface area contributed by atoms with Crippen LogP contribution >= 0.6 is 0 Å². The zero-order valence-electron chi connectivity index (χ0n) is 12.3. The molecule has 0 saturated carbocycles. The molecule has 0 radical (unpaired) electrons. The summed E-state index contributed by atoms with van der Waals surface area (Å²) in [5.41, 5.74) is 6.56. The maximum Gasteiger partial charge on any atom is 0.257 e. The summed E-state index contributed by atoms with van der Waals surface area (Å²) < 4.78 is 11.2. The molecule has 0 unspecified atom stereocenters. The predicted octanol–water partition coefficient (Wildman–Crippen LogP) is 1.49. The number of nitrogens with two attached hydrogens (primary N) is 1. The number of hydrogen-bond acceptors (Lipinski definition) is 4. The third-order valence-electron chi connectivity index (χ3n) is 2.69. The number of para-hydroxylation sites is 1. The van der Waals surface area contributed by atoms with Crippen LogP contribution in [-0.4, -0.2) is 32.2 Å². The molecule has 0 atom stereocenters. The Hall–Kier alpha value is -1.75. The first kappa shape index (κ1) is 16.3. The van der Waals surface area contributed by atoms with Crippen LogP contribution in [0.3, 0.4) is 0 Å². The summed E-state index contributed by atoms with van der Waals surface area (Å²) >= 11 is 0. The Morgan fingerprint density at radius 2 is 2.10 bits per heavy atom. The molecule has 0 saturated heterocycles.